The summed E-state index contributed by atoms with van der Waals surface area (Å²) >= 11 is 3.47. The molecule has 2 nitrogen and oxygen atoms in total. The van der Waals surface area contributed by atoms with Crippen molar-refractivity contribution >= 4 is 27.7 Å². The van der Waals surface area contributed by atoms with Crippen molar-refractivity contribution < 1.29 is 4.74 Å². The Kier molecular flexibility index (Phi) is 1.85. The van der Waals surface area contributed by atoms with Gasteiger partial charge in [0.15, 0.2) is 0 Å². The molecule has 2 aromatic rings. The largest absolute Gasteiger partial charge is 0.487 e. The van der Waals surface area contributed by atoms with Gasteiger partial charge in [0.1, 0.15) is 12.4 Å². The second kappa shape index (κ2) is 3.00. The average Bonchev–Trinajstić information content (AvgIpc) is 2.69. The predicted octanol–water partition coefficient (Wildman–Crippen LogP) is 3.57. The molecular formula is C11H11NOS2. The van der Waals surface area contributed by atoms with Gasteiger partial charge in [0.2, 0.25) is 0 Å². The molecule has 0 amide bonds. The molecule has 0 radical (unpaired) electrons. The number of ether oxygens (including phenoxy) is 1. The second-order valence-electron chi connectivity index (χ2n) is 3.75. The summed E-state index contributed by atoms with van der Waals surface area (Å²) < 4.78 is 5.75. The first-order valence-corrected chi connectivity index (χ1v) is 6.41. The fourth-order valence-corrected chi connectivity index (χ4v) is 4.06. The van der Waals surface area contributed by atoms with Crippen LogP contribution in [0.2, 0.25) is 0 Å². The van der Waals surface area contributed by atoms with Crippen molar-refractivity contribution in [3.05, 3.63) is 22.1 Å². The number of hydrogen-bond acceptors (Lipinski definition) is 4. The highest BCUT2D eigenvalue weighted by Crippen LogP contribution is 2.50. The first-order valence-electron chi connectivity index (χ1n) is 4.78. The molecular weight excluding hydrogens is 226 g/mol. The third-order valence-electron chi connectivity index (χ3n) is 2.64. The van der Waals surface area contributed by atoms with Crippen LogP contribution in [0.4, 0.5) is 5.00 Å². The van der Waals surface area contributed by atoms with Gasteiger partial charge in [-0.15, -0.1) is 22.7 Å². The van der Waals surface area contributed by atoms with Crippen LogP contribution in [0.5, 0.6) is 5.75 Å². The Morgan fingerprint density at radius 2 is 2.07 bits per heavy atom. The van der Waals surface area contributed by atoms with Gasteiger partial charge in [-0.05, 0) is 19.9 Å². The molecule has 0 atom stereocenters. The third kappa shape index (κ3) is 1.21. The summed E-state index contributed by atoms with van der Waals surface area (Å²) in [6.07, 6.45) is 0. The maximum Gasteiger partial charge on any atom is 0.144 e. The molecule has 0 unspecified atom stereocenters. The first kappa shape index (κ1) is 9.24. The highest BCUT2D eigenvalue weighted by Gasteiger charge is 2.24. The minimum atomic E-state index is 0.684. The van der Waals surface area contributed by atoms with Crippen LogP contribution < -0.4 is 10.5 Å². The first-order chi connectivity index (χ1) is 7.16. The molecule has 2 aromatic heterocycles. The van der Waals surface area contributed by atoms with Crippen LogP contribution in [-0.4, -0.2) is 0 Å². The molecule has 0 aliphatic carbocycles. The van der Waals surface area contributed by atoms with E-state index in [9.17, 15) is 0 Å². The van der Waals surface area contributed by atoms with Gasteiger partial charge < -0.3 is 10.5 Å². The highest BCUT2D eigenvalue weighted by atomic mass is 32.1. The van der Waals surface area contributed by atoms with E-state index in [0.29, 0.717) is 6.61 Å². The Morgan fingerprint density at radius 1 is 1.27 bits per heavy atom. The quantitative estimate of drug-likeness (QED) is 0.760. The third-order valence-corrected chi connectivity index (χ3v) is 5.00. The van der Waals surface area contributed by atoms with E-state index in [1.54, 1.807) is 11.3 Å². The van der Waals surface area contributed by atoms with E-state index in [4.69, 9.17) is 10.5 Å². The van der Waals surface area contributed by atoms with E-state index >= 15 is 0 Å². The van der Waals surface area contributed by atoms with E-state index in [1.165, 1.54) is 20.2 Å². The van der Waals surface area contributed by atoms with E-state index in [-0.39, 0.29) is 0 Å². The molecule has 0 aromatic carbocycles. The summed E-state index contributed by atoms with van der Waals surface area (Å²) in [5.41, 5.74) is 8.31. The number of nitrogens with two attached hydrogens (primary N) is 1. The Morgan fingerprint density at radius 3 is 2.87 bits per heavy atom. The lowest BCUT2D eigenvalue weighted by Gasteiger charge is -2.14. The zero-order chi connectivity index (χ0) is 10.6. The van der Waals surface area contributed by atoms with E-state index < -0.39 is 0 Å². The van der Waals surface area contributed by atoms with Crippen molar-refractivity contribution in [1.82, 2.24) is 0 Å². The van der Waals surface area contributed by atoms with Crippen molar-refractivity contribution in [2.45, 2.75) is 20.5 Å². The van der Waals surface area contributed by atoms with Gasteiger partial charge in [-0.3, -0.25) is 0 Å². The number of anilines is 1. The predicted molar refractivity (Wildman–Crippen MR) is 65.9 cm³/mol. The van der Waals surface area contributed by atoms with Crippen molar-refractivity contribution in [2.75, 3.05) is 5.73 Å². The van der Waals surface area contributed by atoms with E-state index in [0.717, 1.165) is 16.3 Å². The molecule has 0 saturated carbocycles. The SMILES string of the molecule is Cc1cc2c(s1)-c1sc(N)c(C)c1OC2. The topological polar surface area (TPSA) is 35.2 Å². The second-order valence-corrected chi connectivity index (χ2v) is 6.06. The highest BCUT2D eigenvalue weighted by molar-refractivity contribution is 7.24. The van der Waals surface area contributed by atoms with Crippen LogP contribution in [0.25, 0.3) is 9.75 Å². The molecule has 0 saturated heterocycles. The molecule has 1 aliphatic heterocycles. The van der Waals surface area contributed by atoms with Gasteiger partial charge in [0.25, 0.3) is 0 Å². The number of fused-ring (bicyclic) bond motifs is 3. The molecule has 15 heavy (non-hydrogen) atoms. The van der Waals surface area contributed by atoms with Crippen molar-refractivity contribution in [3.8, 4) is 15.5 Å². The Balaban J connectivity index is 2.29. The molecule has 0 spiro atoms. The van der Waals surface area contributed by atoms with Crippen LogP contribution in [0, 0.1) is 13.8 Å². The molecule has 78 valence electrons. The maximum atomic E-state index is 5.93. The molecule has 0 fully saturated rings. The lowest BCUT2D eigenvalue weighted by molar-refractivity contribution is 0.303. The number of aryl methyl sites for hydroxylation is 1. The van der Waals surface area contributed by atoms with Gasteiger partial charge >= 0.3 is 0 Å². The van der Waals surface area contributed by atoms with Crippen LogP contribution >= 0.6 is 22.7 Å². The Labute approximate surface area is 96.3 Å². The van der Waals surface area contributed by atoms with Gasteiger partial charge in [-0.1, -0.05) is 0 Å². The van der Waals surface area contributed by atoms with Crippen LogP contribution in [-0.2, 0) is 6.61 Å². The zero-order valence-corrected chi connectivity index (χ0v) is 10.2. The molecule has 2 N–H and O–H groups in total. The van der Waals surface area contributed by atoms with Gasteiger partial charge in [-0.2, -0.15) is 0 Å². The summed E-state index contributed by atoms with van der Waals surface area (Å²) in [4.78, 5) is 3.89. The summed E-state index contributed by atoms with van der Waals surface area (Å²) in [5, 5.41) is 0.874. The van der Waals surface area contributed by atoms with E-state index in [1.807, 2.05) is 18.3 Å². The lowest BCUT2D eigenvalue weighted by atomic mass is 10.1. The fraction of sp³-hybridized carbons (Fsp3) is 0.273. The molecule has 3 rings (SSSR count). The Bertz CT molecular complexity index is 539. The van der Waals surface area contributed by atoms with Crippen molar-refractivity contribution in [3.63, 3.8) is 0 Å². The minimum absolute atomic E-state index is 0.684. The normalized spacial score (nSPS) is 13.2. The van der Waals surface area contributed by atoms with Crippen LogP contribution in [0.3, 0.4) is 0 Å². The maximum absolute atomic E-state index is 5.93. The zero-order valence-electron chi connectivity index (χ0n) is 8.59. The summed E-state index contributed by atoms with van der Waals surface area (Å²) in [7, 11) is 0. The molecule has 4 heteroatoms. The summed E-state index contributed by atoms with van der Waals surface area (Å²) in [6.45, 7) is 4.84. The van der Waals surface area contributed by atoms with Gasteiger partial charge in [0, 0.05) is 16.0 Å². The standard InChI is InChI=1S/C11H11NOS2/c1-5-3-7-4-13-8-6(2)11(12)15-10(8)9(7)14-5/h3H,4,12H2,1-2H3. The number of nitrogen functional groups attached to an aromatic ring is 1. The summed E-state index contributed by atoms with van der Waals surface area (Å²) in [6, 6.07) is 2.20. The minimum Gasteiger partial charge on any atom is -0.487 e. The fourth-order valence-electron chi connectivity index (χ4n) is 1.85. The number of thiophene rings is 2. The van der Waals surface area contributed by atoms with E-state index in [2.05, 4.69) is 13.0 Å². The van der Waals surface area contributed by atoms with Crippen LogP contribution in [0.1, 0.15) is 16.0 Å². The van der Waals surface area contributed by atoms with Gasteiger partial charge in [0.05, 0.1) is 14.8 Å². The van der Waals surface area contributed by atoms with Gasteiger partial charge in [-0.25, -0.2) is 0 Å². The van der Waals surface area contributed by atoms with Crippen molar-refractivity contribution in [2.24, 2.45) is 0 Å². The smallest absolute Gasteiger partial charge is 0.144 e. The molecule has 3 heterocycles. The average molecular weight is 237 g/mol. The lowest BCUT2D eigenvalue weighted by Crippen LogP contribution is -2.01. The summed E-state index contributed by atoms with van der Waals surface area (Å²) in [5.74, 6) is 0.992. The molecule has 1 aliphatic rings. The molecule has 0 bridgehead atoms. The monoisotopic (exact) mass is 237 g/mol. The number of hydrogen-bond donors (Lipinski definition) is 1. The number of rotatable bonds is 0. The Hall–Kier alpha value is -1.00. The van der Waals surface area contributed by atoms with Crippen LogP contribution in [0.15, 0.2) is 6.07 Å². The van der Waals surface area contributed by atoms with Crippen molar-refractivity contribution in [1.29, 1.82) is 0 Å².